The zero-order chi connectivity index (χ0) is 14.8. The predicted molar refractivity (Wildman–Crippen MR) is 88.2 cm³/mol. The van der Waals surface area contributed by atoms with Crippen LogP contribution < -0.4 is 0 Å². The van der Waals surface area contributed by atoms with Crippen LogP contribution in [0.4, 0.5) is 0 Å². The number of rotatable bonds is 4. The SMILES string of the molecule is CC(C)C1CCC(O)C(CN2CCCC2C2CCCC2)C1. The highest BCUT2D eigenvalue weighted by molar-refractivity contribution is 4.91. The second-order valence-corrected chi connectivity index (χ2v) is 8.39. The molecule has 0 bridgehead atoms. The van der Waals surface area contributed by atoms with Gasteiger partial charge in [0, 0.05) is 12.6 Å². The molecule has 21 heavy (non-hydrogen) atoms. The largest absolute Gasteiger partial charge is 0.393 e. The zero-order valence-corrected chi connectivity index (χ0v) is 14.1. The Morgan fingerprint density at radius 3 is 2.48 bits per heavy atom. The summed E-state index contributed by atoms with van der Waals surface area (Å²) in [5.74, 6) is 3.12. The summed E-state index contributed by atoms with van der Waals surface area (Å²) in [6.07, 6.45) is 12.1. The molecule has 1 saturated heterocycles. The van der Waals surface area contributed by atoms with Gasteiger partial charge in [-0.3, -0.25) is 4.90 Å². The van der Waals surface area contributed by atoms with Gasteiger partial charge in [0.1, 0.15) is 0 Å². The van der Waals surface area contributed by atoms with Gasteiger partial charge < -0.3 is 5.11 Å². The molecule has 1 aliphatic heterocycles. The van der Waals surface area contributed by atoms with Gasteiger partial charge in [-0.1, -0.05) is 26.7 Å². The van der Waals surface area contributed by atoms with Crippen LogP contribution in [-0.2, 0) is 0 Å². The van der Waals surface area contributed by atoms with E-state index < -0.39 is 0 Å². The van der Waals surface area contributed by atoms with Crippen molar-refractivity contribution in [1.82, 2.24) is 4.90 Å². The molecule has 0 amide bonds. The van der Waals surface area contributed by atoms with Crippen LogP contribution in [0.15, 0.2) is 0 Å². The Morgan fingerprint density at radius 1 is 1.00 bits per heavy atom. The van der Waals surface area contributed by atoms with E-state index in [-0.39, 0.29) is 6.10 Å². The molecule has 122 valence electrons. The molecule has 2 aliphatic carbocycles. The van der Waals surface area contributed by atoms with E-state index >= 15 is 0 Å². The molecule has 2 nitrogen and oxygen atoms in total. The molecule has 3 fully saturated rings. The fraction of sp³-hybridized carbons (Fsp3) is 1.00. The maximum Gasteiger partial charge on any atom is 0.0580 e. The van der Waals surface area contributed by atoms with Crippen molar-refractivity contribution in [3.05, 3.63) is 0 Å². The monoisotopic (exact) mass is 293 g/mol. The summed E-state index contributed by atoms with van der Waals surface area (Å²) >= 11 is 0. The Labute approximate surface area is 131 Å². The van der Waals surface area contributed by atoms with Crippen molar-refractivity contribution in [2.75, 3.05) is 13.1 Å². The van der Waals surface area contributed by atoms with E-state index in [1.165, 1.54) is 64.5 Å². The van der Waals surface area contributed by atoms with E-state index in [0.717, 1.165) is 30.2 Å². The normalized spacial score (nSPS) is 39.4. The van der Waals surface area contributed by atoms with E-state index in [1.54, 1.807) is 0 Å². The smallest absolute Gasteiger partial charge is 0.0580 e. The van der Waals surface area contributed by atoms with Gasteiger partial charge in [-0.25, -0.2) is 0 Å². The van der Waals surface area contributed by atoms with Crippen LogP contribution in [0.5, 0.6) is 0 Å². The van der Waals surface area contributed by atoms with Gasteiger partial charge in [-0.15, -0.1) is 0 Å². The molecule has 0 aromatic heterocycles. The summed E-state index contributed by atoms with van der Waals surface area (Å²) in [6, 6.07) is 0.846. The van der Waals surface area contributed by atoms with Gasteiger partial charge >= 0.3 is 0 Å². The van der Waals surface area contributed by atoms with Crippen molar-refractivity contribution in [3.8, 4) is 0 Å². The van der Waals surface area contributed by atoms with E-state index in [4.69, 9.17) is 0 Å². The lowest BCUT2D eigenvalue weighted by Crippen LogP contribution is -2.43. The van der Waals surface area contributed by atoms with Gasteiger partial charge in [0.2, 0.25) is 0 Å². The van der Waals surface area contributed by atoms with E-state index in [2.05, 4.69) is 18.7 Å². The molecule has 1 heterocycles. The third-order valence-corrected chi connectivity index (χ3v) is 6.75. The van der Waals surface area contributed by atoms with Crippen LogP contribution in [-0.4, -0.2) is 35.2 Å². The fourth-order valence-corrected chi connectivity index (χ4v) is 5.34. The number of hydrogen-bond donors (Lipinski definition) is 1. The lowest BCUT2D eigenvalue weighted by Gasteiger charge is -2.39. The Kier molecular flexibility index (Phi) is 5.27. The Hall–Kier alpha value is -0.0800. The maximum absolute atomic E-state index is 10.5. The second-order valence-electron chi connectivity index (χ2n) is 8.39. The lowest BCUT2D eigenvalue weighted by molar-refractivity contribution is 0.0123. The van der Waals surface area contributed by atoms with Crippen molar-refractivity contribution in [2.45, 2.75) is 83.8 Å². The number of aliphatic hydroxyl groups excluding tert-OH is 1. The van der Waals surface area contributed by atoms with Crippen LogP contribution in [0, 0.1) is 23.7 Å². The average Bonchev–Trinajstić information content (AvgIpc) is 3.11. The topological polar surface area (TPSA) is 23.5 Å². The van der Waals surface area contributed by atoms with Crippen LogP contribution in [0.1, 0.15) is 71.6 Å². The number of likely N-dealkylation sites (tertiary alicyclic amines) is 1. The first-order valence-electron chi connectivity index (χ1n) is 9.57. The predicted octanol–water partition coefficient (Wildman–Crippen LogP) is 4.07. The summed E-state index contributed by atoms with van der Waals surface area (Å²) in [7, 11) is 0. The van der Waals surface area contributed by atoms with Crippen LogP contribution >= 0.6 is 0 Å². The molecule has 2 heteroatoms. The van der Waals surface area contributed by atoms with E-state index in [1.807, 2.05) is 0 Å². The fourth-order valence-electron chi connectivity index (χ4n) is 5.34. The first-order chi connectivity index (χ1) is 10.1. The molecule has 3 rings (SSSR count). The highest BCUT2D eigenvalue weighted by Crippen LogP contribution is 2.39. The number of hydrogen-bond acceptors (Lipinski definition) is 2. The summed E-state index contributed by atoms with van der Waals surface area (Å²) in [5.41, 5.74) is 0. The third-order valence-electron chi connectivity index (χ3n) is 6.75. The van der Waals surface area contributed by atoms with Gasteiger partial charge in [0.25, 0.3) is 0 Å². The highest BCUT2D eigenvalue weighted by atomic mass is 16.3. The minimum atomic E-state index is -0.0372. The van der Waals surface area contributed by atoms with Crippen molar-refractivity contribution in [2.24, 2.45) is 23.7 Å². The highest BCUT2D eigenvalue weighted by Gasteiger charge is 2.37. The Bertz CT molecular complexity index is 324. The second kappa shape index (κ2) is 7.00. The summed E-state index contributed by atoms with van der Waals surface area (Å²) in [6.45, 7) is 7.18. The Morgan fingerprint density at radius 2 is 1.76 bits per heavy atom. The minimum absolute atomic E-state index is 0.0372. The molecule has 4 unspecified atom stereocenters. The van der Waals surface area contributed by atoms with Gasteiger partial charge in [0.05, 0.1) is 6.10 Å². The molecule has 4 atom stereocenters. The van der Waals surface area contributed by atoms with Gasteiger partial charge in [-0.2, -0.15) is 0 Å². The van der Waals surface area contributed by atoms with E-state index in [0.29, 0.717) is 5.92 Å². The molecule has 2 saturated carbocycles. The molecule has 0 spiro atoms. The minimum Gasteiger partial charge on any atom is -0.393 e. The maximum atomic E-state index is 10.5. The molecular weight excluding hydrogens is 258 g/mol. The molecule has 1 N–H and O–H groups in total. The summed E-state index contributed by atoms with van der Waals surface area (Å²) < 4.78 is 0. The average molecular weight is 293 g/mol. The molecular formula is C19H35NO. The lowest BCUT2D eigenvalue weighted by atomic mass is 9.74. The van der Waals surface area contributed by atoms with Gasteiger partial charge in [0.15, 0.2) is 0 Å². The summed E-state index contributed by atoms with van der Waals surface area (Å²) in [5, 5.41) is 10.5. The first kappa shape index (κ1) is 15.8. The number of nitrogens with zero attached hydrogens (tertiary/aromatic N) is 1. The van der Waals surface area contributed by atoms with Crippen LogP contribution in [0.3, 0.4) is 0 Å². The zero-order valence-electron chi connectivity index (χ0n) is 14.1. The first-order valence-corrected chi connectivity index (χ1v) is 9.57. The third kappa shape index (κ3) is 3.64. The molecule has 0 aromatic rings. The molecule has 0 aromatic carbocycles. The van der Waals surface area contributed by atoms with Crippen molar-refractivity contribution < 1.29 is 5.11 Å². The number of aliphatic hydroxyl groups is 1. The van der Waals surface area contributed by atoms with Gasteiger partial charge in [-0.05, 0) is 75.2 Å². The van der Waals surface area contributed by atoms with Crippen LogP contribution in [0.2, 0.25) is 0 Å². The molecule has 0 radical (unpaired) electrons. The van der Waals surface area contributed by atoms with E-state index in [9.17, 15) is 5.11 Å². The quantitative estimate of drug-likeness (QED) is 0.844. The van der Waals surface area contributed by atoms with Crippen molar-refractivity contribution >= 4 is 0 Å². The standard InChI is InChI=1S/C19H35NO/c1-14(2)16-9-10-19(21)17(12-16)13-20-11-5-8-18(20)15-6-3-4-7-15/h14-19,21H,3-13H2,1-2H3. The molecule has 3 aliphatic rings. The van der Waals surface area contributed by atoms with Crippen molar-refractivity contribution in [3.63, 3.8) is 0 Å². The summed E-state index contributed by atoms with van der Waals surface area (Å²) in [4.78, 5) is 2.77. The van der Waals surface area contributed by atoms with Crippen molar-refractivity contribution in [1.29, 1.82) is 0 Å². The Balaban J connectivity index is 1.58. The van der Waals surface area contributed by atoms with Crippen LogP contribution in [0.25, 0.3) is 0 Å².